The standard InChI is InChI=1S/C30H32F3N7O3/c1-16(2)40-13-22(30(31,32)33)38-27(40)19-10-7-17(12-21(19)41-3)14-43-29-25-20(6-5-11-34-25)37-26(39-29)23-24(18-8-9-18)35-15-36-28(23)42-4/h5-7,10-13,16,18,26,35,37H,8-9,14-15H2,1-4H3. The highest BCUT2D eigenvalue weighted by Crippen LogP contribution is 2.40. The highest BCUT2D eigenvalue weighted by Gasteiger charge is 2.38. The molecular weight excluding hydrogens is 563 g/mol. The molecule has 0 radical (unpaired) electrons. The highest BCUT2D eigenvalue weighted by molar-refractivity contribution is 6.02. The summed E-state index contributed by atoms with van der Waals surface area (Å²) in [6.45, 7) is 4.16. The van der Waals surface area contributed by atoms with Crippen molar-refractivity contribution < 1.29 is 27.4 Å². The number of methoxy groups -OCH3 is 2. The largest absolute Gasteiger partial charge is 0.496 e. The van der Waals surface area contributed by atoms with Crippen LogP contribution in [0.4, 0.5) is 18.9 Å². The molecule has 1 unspecified atom stereocenters. The molecule has 1 atom stereocenters. The molecule has 1 aliphatic carbocycles. The van der Waals surface area contributed by atoms with Gasteiger partial charge in [0.15, 0.2) is 11.9 Å². The number of halogens is 3. The summed E-state index contributed by atoms with van der Waals surface area (Å²) >= 11 is 0. The Labute approximate surface area is 246 Å². The second-order valence-electron chi connectivity index (χ2n) is 10.8. The molecule has 0 saturated heterocycles. The Bertz CT molecular complexity index is 1620. The van der Waals surface area contributed by atoms with Gasteiger partial charge in [0.25, 0.3) is 0 Å². The number of nitrogens with one attached hydrogen (secondary N) is 2. The van der Waals surface area contributed by atoms with Gasteiger partial charge < -0.3 is 29.4 Å². The van der Waals surface area contributed by atoms with Crippen molar-refractivity contribution in [2.75, 3.05) is 26.2 Å². The number of alkyl halides is 3. The van der Waals surface area contributed by atoms with Gasteiger partial charge in [-0.25, -0.2) is 20.0 Å². The Morgan fingerprint density at radius 2 is 1.91 bits per heavy atom. The maximum absolute atomic E-state index is 13.5. The SMILES string of the molecule is COC1=NCNC(C2CC2)=C1C1N=C(OCc2ccc(-c3nc(C(F)(F)F)cn3C(C)C)c(OC)c2)c2ncccc2N1. The molecule has 0 amide bonds. The molecule has 1 aromatic carbocycles. The average Bonchev–Trinajstić information content (AvgIpc) is 3.75. The zero-order valence-corrected chi connectivity index (χ0v) is 24.2. The van der Waals surface area contributed by atoms with E-state index in [0.29, 0.717) is 41.4 Å². The van der Waals surface area contributed by atoms with Gasteiger partial charge in [0.05, 0.1) is 31.0 Å². The number of allylic oxidation sites excluding steroid dienone is 1. The smallest absolute Gasteiger partial charge is 0.434 e. The van der Waals surface area contributed by atoms with Crippen molar-refractivity contribution in [2.45, 2.75) is 51.7 Å². The minimum atomic E-state index is -4.56. The van der Waals surface area contributed by atoms with Crippen LogP contribution in [0, 0.1) is 5.92 Å². The second-order valence-corrected chi connectivity index (χ2v) is 10.8. The van der Waals surface area contributed by atoms with E-state index in [9.17, 15) is 13.2 Å². The number of rotatable bonds is 7. The maximum atomic E-state index is 13.5. The van der Waals surface area contributed by atoms with Crippen LogP contribution < -0.4 is 15.4 Å². The van der Waals surface area contributed by atoms with Gasteiger partial charge in [-0.2, -0.15) is 13.2 Å². The van der Waals surface area contributed by atoms with Crippen LogP contribution >= 0.6 is 0 Å². The Morgan fingerprint density at radius 1 is 1.09 bits per heavy atom. The first-order chi connectivity index (χ1) is 20.7. The fraction of sp³-hybridized carbons (Fsp3) is 0.400. The van der Waals surface area contributed by atoms with Gasteiger partial charge in [0.1, 0.15) is 30.5 Å². The summed E-state index contributed by atoms with van der Waals surface area (Å²) in [5, 5.41) is 6.85. The van der Waals surface area contributed by atoms with Crippen molar-refractivity contribution >= 4 is 17.5 Å². The molecule has 1 fully saturated rings. The summed E-state index contributed by atoms with van der Waals surface area (Å²) in [6, 6.07) is 8.70. The van der Waals surface area contributed by atoms with E-state index in [0.717, 1.165) is 41.6 Å². The number of aromatic nitrogens is 3. The number of benzene rings is 1. The molecule has 10 nitrogen and oxygen atoms in total. The van der Waals surface area contributed by atoms with E-state index in [1.54, 1.807) is 45.4 Å². The molecule has 3 aromatic rings. The molecule has 0 spiro atoms. The van der Waals surface area contributed by atoms with E-state index in [4.69, 9.17) is 19.2 Å². The lowest BCUT2D eigenvalue weighted by molar-refractivity contribution is -0.140. The van der Waals surface area contributed by atoms with Crippen LogP contribution in [-0.2, 0) is 22.3 Å². The average molecular weight is 596 g/mol. The fourth-order valence-electron chi connectivity index (χ4n) is 5.24. The summed E-state index contributed by atoms with van der Waals surface area (Å²) in [6.07, 6.45) is -0.197. The zero-order valence-electron chi connectivity index (χ0n) is 24.2. The molecule has 43 heavy (non-hydrogen) atoms. The monoisotopic (exact) mass is 595 g/mol. The topological polar surface area (TPSA) is 107 Å². The molecule has 226 valence electrons. The lowest BCUT2D eigenvalue weighted by Gasteiger charge is -2.30. The molecular formula is C30H32F3N7O3. The lowest BCUT2D eigenvalue weighted by Crippen LogP contribution is -2.38. The van der Waals surface area contributed by atoms with E-state index in [2.05, 4.69) is 25.6 Å². The van der Waals surface area contributed by atoms with Gasteiger partial charge in [0.2, 0.25) is 11.8 Å². The summed E-state index contributed by atoms with van der Waals surface area (Å²) in [7, 11) is 3.07. The van der Waals surface area contributed by atoms with Crippen molar-refractivity contribution in [3.8, 4) is 17.1 Å². The van der Waals surface area contributed by atoms with E-state index in [1.165, 1.54) is 11.7 Å². The quantitative estimate of drug-likeness (QED) is 0.370. The predicted molar refractivity (Wildman–Crippen MR) is 155 cm³/mol. The van der Waals surface area contributed by atoms with Gasteiger partial charge in [-0.05, 0) is 62.4 Å². The van der Waals surface area contributed by atoms with Gasteiger partial charge in [-0.15, -0.1) is 0 Å². The molecule has 6 rings (SSSR count). The molecule has 4 heterocycles. The molecule has 13 heteroatoms. The van der Waals surface area contributed by atoms with Crippen molar-refractivity contribution in [1.82, 2.24) is 19.9 Å². The fourth-order valence-corrected chi connectivity index (χ4v) is 5.24. The number of ether oxygens (including phenoxy) is 3. The first-order valence-electron chi connectivity index (χ1n) is 14.0. The van der Waals surface area contributed by atoms with E-state index in [-0.39, 0.29) is 18.5 Å². The highest BCUT2D eigenvalue weighted by atomic mass is 19.4. The Morgan fingerprint density at radius 3 is 2.60 bits per heavy atom. The van der Waals surface area contributed by atoms with Crippen molar-refractivity contribution in [3.05, 3.63) is 70.9 Å². The van der Waals surface area contributed by atoms with Crippen molar-refractivity contribution in [2.24, 2.45) is 15.9 Å². The summed E-state index contributed by atoms with van der Waals surface area (Å²) in [5.74, 6) is 1.83. The van der Waals surface area contributed by atoms with Crippen LogP contribution in [0.5, 0.6) is 5.75 Å². The minimum absolute atomic E-state index is 0.114. The normalized spacial score (nSPS) is 18.4. The number of fused-ring (bicyclic) bond motifs is 1. The molecule has 1 saturated carbocycles. The summed E-state index contributed by atoms with van der Waals surface area (Å²) in [5.41, 5.74) is 3.46. The summed E-state index contributed by atoms with van der Waals surface area (Å²) in [4.78, 5) is 17.8. The second kappa shape index (κ2) is 11.3. The van der Waals surface area contributed by atoms with Crippen LogP contribution in [0.2, 0.25) is 0 Å². The Hall–Kier alpha value is -4.55. The van der Waals surface area contributed by atoms with E-state index in [1.807, 2.05) is 12.1 Å². The molecule has 3 aliphatic rings. The number of hydrogen-bond donors (Lipinski definition) is 2. The van der Waals surface area contributed by atoms with Gasteiger partial charge in [-0.3, -0.25) is 0 Å². The summed E-state index contributed by atoms with van der Waals surface area (Å²) < 4.78 is 59.4. The first-order valence-corrected chi connectivity index (χ1v) is 14.0. The minimum Gasteiger partial charge on any atom is -0.496 e. The maximum Gasteiger partial charge on any atom is 0.434 e. The van der Waals surface area contributed by atoms with E-state index >= 15 is 0 Å². The number of anilines is 1. The molecule has 2 N–H and O–H groups in total. The number of hydrogen-bond acceptors (Lipinski definition) is 9. The number of aliphatic imine (C=N–C) groups is 2. The molecule has 0 bridgehead atoms. The van der Waals surface area contributed by atoms with Gasteiger partial charge >= 0.3 is 6.18 Å². The molecule has 2 aliphatic heterocycles. The van der Waals surface area contributed by atoms with Crippen molar-refractivity contribution in [1.29, 1.82) is 0 Å². The third-order valence-electron chi connectivity index (χ3n) is 7.48. The number of nitrogens with zero attached hydrogens (tertiary/aromatic N) is 5. The van der Waals surface area contributed by atoms with Crippen LogP contribution in [0.1, 0.15) is 49.7 Å². The third kappa shape index (κ3) is 5.63. The Balaban J connectivity index is 1.30. The van der Waals surface area contributed by atoms with Gasteiger partial charge in [0, 0.05) is 24.1 Å². The van der Waals surface area contributed by atoms with Crippen LogP contribution in [-0.4, -0.2) is 53.4 Å². The Kier molecular flexibility index (Phi) is 7.49. The van der Waals surface area contributed by atoms with Crippen LogP contribution in [0.25, 0.3) is 11.4 Å². The lowest BCUT2D eigenvalue weighted by atomic mass is 10.0. The van der Waals surface area contributed by atoms with E-state index < -0.39 is 18.0 Å². The van der Waals surface area contributed by atoms with Crippen LogP contribution in [0.3, 0.4) is 0 Å². The molecule has 2 aromatic heterocycles. The zero-order chi connectivity index (χ0) is 30.3. The first kappa shape index (κ1) is 28.6. The predicted octanol–water partition coefficient (Wildman–Crippen LogP) is 5.54. The third-order valence-corrected chi connectivity index (χ3v) is 7.48. The van der Waals surface area contributed by atoms with Gasteiger partial charge in [-0.1, -0.05) is 6.07 Å². The van der Waals surface area contributed by atoms with Crippen molar-refractivity contribution in [3.63, 3.8) is 0 Å². The number of pyridine rings is 1. The van der Waals surface area contributed by atoms with Crippen LogP contribution in [0.15, 0.2) is 64.0 Å². The number of imidazole rings is 1.